The Balaban J connectivity index is 0.000000387. The first-order chi connectivity index (χ1) is 49.8. The maximum absolute atomic E-state index is 12.6. The van der Waals surface area contributed by atoms with E-state index in [1.54, 1.807) is 0 Å². The van der Waals surface area contributed by atoms with Crippen LogP contribution in [-0.4, -0.2) is 268 Å². The number of phosphoric acid groups is 6. The minimum atomic E-state index is -5.57. The van der Waals surface area contributed by atoms with Crippen molar-refractivity contribution in [3.05, 3.63) is 25.3 Å². The number of phosphoric ester groups is 6. The highest BCUT2D eigenvalue weighted by Gasteiger charge is 2.53. The van der Waals surface area contributed by atoms with Crippen LogP contribution >= 0.6 is 70.5 Å². The molecule has 0 radical (unpaired) electrons. The molecule has 108 heavy (non-hydrogen) atoms. The van der Waals surface area contributed by atoms with E-state index in [1.807, 2.05) is 0 Å². The molecule has 6 heterocycles. The first-order valence-electron chi connectivity index (χ1n) is 31.3. The summed E-state index contributed by atoms with van der Waals surface area (Å²) in [4.78, 5) is 174. The summed E-state index contributed by atoms with van der Waals surface area (Å²) in [6, 6.07) is 0. The second-order valence-electron chi connectivity index (χ2n) is 24.7. The van der Waals surface area contributed by atoms with Crippen molar-refractivity contribution in [2.45, 2.75) is 141 Å². The quantitative estimate of drug-likeness (QED) is 0.0154. The van der Waals surface area contributed by atoms with E-state index in [1.165, 1.54) is 41.5 Å². The molecule has 5 unspecified atom stereocenters. The minimum Gasteiger partial charge on any atom is -0.393 e. The molecule has 612 valence electrons. The second-order valence-corrected chi connectivity index (χ2v) is 35.5. The Bertz CT molecular complexity index is 3810. The average molecular weight is 1710 g/mol. The molecule has 0 saturated carbocycles. The molecule has 6 rings (SSSR count). The highest BCUT2D eigenvalue weighted by molar-refractivity contribution is 8.13. The summed E-state index contributed by atoms with van der Waals surface area (Å²) < 4.78 is 124. The van der Waals surface area contributed by atoms with Crippen molar-refractivity contribution in [3.8, 4) is 0 Å². The molecule has 58 heteroatoms. The van der Waals surface area contributed by atoms with E-state index < -0.39 is 181 Å². The van der Waals surface area contributed by atoms with Crippen LogP contribution in [0.25, 0.3) is 22.3 Å². The van der Waals surface area contributed by atoms with Gasteiger partial charge in [-0.1, -0.05) is 51.2 Å². The third kappa shape index (κ3) is 30.2. The van der Waals surface area contributed by atoms with Crippen molar-refractivity contribution in [1.82, 2.24) is 60.3 Å². The lowest BCUT2D eigenvalue weighted by Gasteiger charge is -2.30. The molecular weight excluding hydrogens is 1620 g/mol. The van der Waals surface area contributed by atoms with E-state index >= 15 is 0 Å². The number of nitrogen functional groups attached to an aromatic ring is 2. The molecule has 2 aliphatic rings. The van der Waals surface area contributed by atoms with Gasteiger partial charge in [0.25, 0.3) is 0 Å². The van der Waals surface area contributed by atoms with Crippen LogP contribution in [0.3, 0.4) is 0 Å². The van der Waals surface area contributed by atoms with Gasteiger partial charge in [0, 0.05) is 74.2 Å². The number of aliphatic hydroxyl groups is 6. The number of thioether (sulfide) groups is 2. The number of carbonyl (C=O) groups excluding carboxylic acids is 6. The fourth-order valence-corrected chi connectivity index (χ4v) is 16.4. The fraction of sp³-hybridized carbons (Fsp3) is 0.680. The Morgan fingerprint density at radius 1 is 0.528 bits per heavy atom. The van der Waals surface area contributed by atoms with Gasteiger partial charge in [-0.2, -0.15) is 8.62 Å². The smallest absolute Gasteiger partial charge is 0.393 e. The van der Waals surface area contributed by atoms with E-state index in [2.05, 4.69) is 68.8 Å². The third-order valence-electron chi connectivity index (χ3n) is 14.5. The molecule has 0 spiro atoms. The number of aromatic nitrogens is 8. The normalized spacial score (nSPS) is 22.6. The van der Waals surface area contributed by atoms with Crippen LogP contribution < -0.4 is 32.7 Å². The summed E-state index contributed by atoms with van der Waals surface area (Å²) in [5.74, 6) is -2.51. The Morgan fingerprint density at radius 3 is 1.19 bits per heavy atom. The first kappa shape index (κ1) is 93.6. The van der Waals surface area contributed by atoms with Crippen LogP contribution in [0, 0.1) is 10.8 Å². The van der Waals surface area contributed by atoms with Gasteiger partial charge in [0.05, 0.1) is 51.3 Å². The molecule has 50 nitrogen and oxygen atoms in total. The van der Waals surface area contributed by atoms with E-state index in [0.717, 1.165) is 58.0 Å². The minimum absolute atomic E-state index is 0.0259. The zero-order valence-electron chi connectivity index (χ0n) is 57.6. The molecule has 4 aromatic rings. The van der Waals surface area contributed by atoms with E-state index in [4.69, 9.17) is 39.0 Å². The predicted molar refractivity (Wildman–Crippen MR) is 367 cm³/mol. The topological polar surface area (TPSA) is 768 Å². The summed E-state index contributed by atoms with van der Waals surface area (Å²) in [5, 5.41) is 70.3. The number of rotatable bonds is 42. The maximum Gasteiger partial charge on any atom is 0.481 e. The van der Waals surface area contributed by atoms with Gasteiger partial charge in [0.1, 0.15) is 72.5 Å². The Labute approximate surface area is 619 Å². The molecule has 22 N–H and O–H groups in total. The fourth-order valence-electron chi connectivity index (χ4n) is 9.19. The number of nitrogens with zero attached hydrogens (tertiary/aromatic N) is 8. The zero-order chi connectivity index (χ0) is 81.3. The van der Waals surface area contributed by atoms with Crippen molar-refractivity contribution in [2.75, 3.05) is 75.6 Å². The molecule has 0 aromatic carbocycles. The maximum atomic E-state index is 12.6. The molecule has 0 bridgehead atoms. The van der Waals surface area contributed by atoms with Gasteiger partial charge in [-0.25, -0.2) is 57.3 Å². The molecular formula is C50H84N14O36P6S2. The van der Waals surface area contributed by atoms with Crippen LogP contribution in [0.15, 0.2) is 25.3 Å². The summed E-state index contributed by atoms with van der Waals surface area (Å²) >= 11 is 1.88. The predicted octanol–water partition coefficient (Wildman–Crippen LogP) is -3.13. The highest BCUT2D eigenvalue weighted by atomic mass is 32.2. The van der Waals surface area contributed by atoms with Crippen LogP contribution in [0.5, 0.6) is 0 Å². The van der Waals surface area contributed by atoms with Crippen LogP contribution in [-0.2, 0) is 101 Å². The molecule has 0 aliphatic carbocycles. The number of hydrogen-bond acceptors (Lipinski definition) is 38. The monoisotopic (exact) mass is 1710 g/mol. The SMILES string of the molecule is CC(O)CC(=O)SCCNC(=O)CCNC(=O)[C@H](O)C(C)(C)COP(=O)(O)OP(=O)(O)OC[C@H]1O[C@@H](n2cnc3c(N)ncnc32)[C@H](O)[C@@H]1OP(=O)(O)O.C[C@H](O)CC(=O)SCCNC(=O)CCNC(=O)[C@H](O)C(C)(C)COP(=O)(O)OP(=O)(O)OC[C@H]1O[C@@H](n2cnc3c(N)ncnc32)[C@H](O)[C@@H]1OP(=O)(O)O. The zero-order valence-corrected chi connectivity index (χ0v) is 64.6. The van der Waals surface area contributed by atoms with Crippen molar-refractivity contribution in [2.24, 2.45) is 10.8 Å². The van der Waals surface area contributed by atoms with Gasteiger partial charge in [0.2, 0.25) is 23.6 Å². The van der Waals surface area contributed by atoms with Gasteiger partial charge in [-0.15, -0.1) is 0 Å². The standard InChI is InChI=1S/2C25H42N7O18P3S/c2*1-13(33)8-16(35)54-7-6-27-15(34)4-5-28-23(38)20(37)25(2,3)10-47-53(44,45)50-52(42,43)46-9-14-19(49-51(39,40)41)18(36)24(48-14)32-12-31-17-21(26)29-11-30-22(17)32/h2*11-14,18-20,24,33,36-37H,4-10H2,1-3H3,(H,27,34)(H,28,38)(H,42,43)(H,44,45)(H2,26,29,30)(H2,39,40,41)/t13?,14-,18-,19-,20+,24-;13-,14+,18+,19+,20-,24+/m10/s1. The molecule has 2 saturated heterocycles. The Hall–Kier alpha value is -4.96. The van der Waals surface area contributed by atoms with Crippen molar-refractivity contribution in [1.29, 1.82) is 0 Å². The van der Waals surface area contributed by atoms with Gasteiger partial charge in [-0.05, 0) is 13.8 Å². The lowest BCUT2D eigenvalue weighted by atomic mass is 9.87. The van der Waals surface area contributed by atoms with Crippen molar-refractivity contribution < 1.29 is 171 Å². The number of aliphatic hydroxyl groups excluding tert-OH is 6. The second kappa shape index (κ2) is 40.2. The molecule has 2 aliphatic heterocycles. The lowest BCUT2D eigenvalue weighted by molar-refractivity contribution is -0.137. The number of amides is 4. The van der Waals surface area contributed by atoms with Gasteiger partial charge in [0.15, 0.2) is 45.6 Å². The van der Waals surface area contributed by atoms with E-state index in [-0.39, 0.29) is 108 Å². The summed E-state index contributed by atoms with van der Waals surface area (Å²) in [7, 11) is -32.8. The summed E-state index contributed by atoms with van der Waals surface area (Å²) in [6.45, 7) is 3.67. The highest BCUT2D eigenvalue weighted by Crippen LogP contribution is 2.63. The Kier molecular flexibility index (Phi) is 34.8. The van der Waals surface area contributed by atoms with Crippen LogP contribution in [0.2, 0.25) is 0 Å². The molecule has 4 aromatic heterocycles. The van der Waals surface area contributed by atoms with Gasteiger partial charge in [-0.3, -0.25) is 65.0 Å². The number of carbonyl (C=O) groups is 6. The number of anilines is 2. The van der Waals surface area contributed by atoms with Gasteiger partial charge < -0.3 is 112 Å². The number of fused-ring (bicyclic) bond motifs is 2. The first-order valence-corrected chi connectivity index (χ1v) is 42.3. The van der Waals surface area contributed by atoms with Crippen molar-refractivity contribution in [3.63, 3.8) is 0 Å². The third-order valence-corrected chi connectivity index (χ3v) is 22.4. The van der Waals surface area contributed by atoms with Gasteiger partial charge >= 0.3 is 46.9 Å². The number of ether oxygens (including phenoxy) is 2. The largest absolute Gasteiger partial charge is 0.481 e. The number of imidazole rings is 2. The Morgan fingerprint density at radius 2 is 0.861 bits per heavy atom. The number of hydrogen-bond donors (Lipinski definition) is 20. The van der Waals surface area contributed by atoms with Crippen LogP contribution in [0.4, 0.5) is 11.6 Å². The van der Waals surface area contributed by atoms with Crippen LogP contribution in [0.1, 0.15) is 79.7 Å². The average Bonchev–Trinajstić information content (AvgIpc) is 1.62. The molecule has 2 fully saturated rings. The summed E-state index contributed by atoms with van der Waals surface area (Å²) in [6.07, 6.45) is -15.6. The molecule has 4 amide bonds. The lowest BCUT2D eigenvalue weighted by Crippen LogP contribution is -2.46. The summed E-state index contributed by atoms with van der Waals surface area (Å²) in [5.41, 5.74) is 8.46. The molecule has 16 atom stereocenters. The van der Waals surface area contributed by atoms with Crippen molar-refractivity contribution >= 4 is 138 Å². The number of nitrogens with two attached hydrogens (primary N) is 2. The van der Waals surface area contributed by atoms with E-state index in [0.29, 0.717) is 0 Å². The van der Waals surface area contributed by atoms with E-state index in [9.17, 15) is 126 Å². The number of nitrogens with one attached hydrogen (secondary N) is 4.